The maximum atomic E-state index is 12.7. The number of ether oxygens (including phenoxy) is 4. The fourth-order valence-corrected chi connectivity index (χ4v) is 5.63. The van der Waals surface area contributed by atoms with E-state index < -0.39 is 0 Å². The molecule has 0 aromatic rings. The highest BCUT2D eigenvalue weighted by atomic mass is 16.7. The van der Waals surface area contributed by atoms with E-state index in [1.807, 2.05) is 48.5 Å². The van der Waals surface area contributed by atoms with Crippen molar-refractivity contribution < 1.29 is 23.7 Å². The van der Waals surface area contributed by atoms with Gasteiger partial charge in [-0.15, -0.1) is 0 Å². The third-order valence-corrected chi connectivity index (χ3v) is 8.03. The van der Waals surface area contributed by atoms with Crippen LogP contribution in [-0.2, 0) is 23.7 Å². The van der Waals surface area contributed by atoms with Crippen molar-refractivity contribution in [2.75, 3.05) is 41.5 Å². The molecule has 2 aliphatic heterocycles. The lowest BCUT2D eigenvalue weighted by atomic mass is 9.92. The second-order valence-electron chi connectivity index (χ2n) is 12.9. The Morgan fingerprint density at radius 2 is 1.64 bits per heavy atom. The van der Waals surface area contributed by atoms with E-state index in [9.17, 15) is 4.79 Å². The van der Waals surface area contributed by atoms with E-state index in [1.165, 1.54) is 5.57 Å². The van der Waals surface area contributed by atoms with Crippen LogP contribution in [0.15, 0.2) is 12.2 Å². The third-order valence-electron chi connectivity index (χ3n) is 8.03. The summed E-state index contributed by atoms with van der Waals surface area (Å²) in [6.45, 7) is 28.1. The van der Waals surface area contributed by atoms with Gasteiger partial charge in [0.1, 0.15) is 6.23 Å². The molecule has 1 N–H and O–H groups in total. The van der Waals surface area contributed by atoms with Gasteiger partial charge in [0.25, 0.3) is 0 Å². The highest BCUT2D eigenvalue weighted by Gasteiger charge is 2.38. The van der Waals surface area contributed by atoms with Crippen LogP contribution in [0.3, 0.4) is 0 Å². The summed E-state index contributed by atoms with van der Waals surface area (Å²) < 4.78 is 22.9. The van der Waals surface area contributed by atoms with E-state index in [0.717, 1.165) is 37.8 Å². The Morgan fingerprint density at radius 1 is 1.07 bits per heavy atom. The number of carbonyl (C=O) groups is 1. The number of methoxy groups -OCH3 is 1. The molecule has 0 radical (unpaired) electrons. The Hall–Kier alpha value is -1.32. The summed E-state index contributed by atoms with van der Waals surface area (Å²) in [4.78, 5) is 17.3. The van der Waals surface area contributed by atoms with E-state index >= 15 is 0 Å². The molecule has 0 saturated carbocycles. The van der Waals surface area contributed by atoms with E-state index in [1.54, 1.807) is 14.2 Å². The molecule has 262 valence electrons. The van der Waals surface area contributed by atoms with Crippen molar-refractivity contribution in [2.45, 2.75) is 145 Å². The summed E-state index contributed by atoms with van der Waals surface area (Å²) in [5, 5.41) is 8.97. The maximum absolute atomic E-state index is 12.7. The lowest BCUT2D eigenvalue weighted by molar-refractivity contribution is -0.258. The summed E-state index contributed by atoms with van der Waals surface area (Å²) in [5.41, 5.74) is 1.91. The number of carbonyl (C=O) groups excluding carboxylic acids is 1. The van der Waals surface area contributed by atoms with Crippen LogP contribution in [0.5, 0.6) is 0 Å². The van der Waals surface area contributed by atoms with Gasteiger partial charge in [0.05, 0.1) is 18.6 Å². The maximum Gasteiger partial charge on any atom is 0.308 e. The van der Waals surface area contributed by atoms with Gasteiger partial charge >= 0.3 is 5.97 Å². The number of hydrogen-bond donors (Lipinski definition) is 1. The van der Waals surface area contributed by atoms with Gasteiger partial charge in [-0.25, -0.2) is 0 Å². The Morgan fingerprint density at radius 3 is 2.16 bits per heavy atom. The Balaban J connectivity index is 0. The second kappa shape index (κ2) is 24.9. The minimum atomic E-state index is -0.341. The minimum Gasteiger partial charge on any atom is -0.465 e. The molecule has 2 fully saturated rings. The lowest BCUT2D eigenvalue weighted by Gasteiger charge is -2.44. The van der Waals surface area contributed by atoms with Gasteiger partial charge in [-0.2, -0.15) is 0 Å². The van der Waals surface area contributed by atoms with Gasteiger partial charge in [-0.05, 0) is 77.8 Å². The van der Waals surface area contributed by atoms with Gasteiger partial charge in [0.15, 0.2) is 6.29 Å². The predicted molar refractivity (Wildman–Crippen MR) is 186 cm³/mol. The van der Waals surface area contributed by atoms with Crippen molar-refractivity contribution in [2.24, 2.45) is 23.7 Å². The van der Waals surface area contributed by atoms with Crippen molar-refractivity contribution >= 4 is 11.7 Å². The highest BCUT2D eigenvalue weighted by Crippen LogP contribution is 2.32. The lowest BCUT2D eigenvalue weighted by Crippen LogP contribution is -2.54. The molecule has 0 aliphatic carbocycles. The molecule has 2 rings (SSSR count). The third kappa shape index (κ3) is 16.8. The monoisotopic (exact) mass is 628 g/mol. The zero-order chi connectivity index (χ0) is 34.6. The molecule has 2 aliphatic rings. The van der Waals surface area contributed by atoms with Crippen LogP contribution in [0.25, 0.3) is 0 Å². The Labute approximate surface area is 273 Å². The molecule has 8 atom stereocenters. The van der Waals surface area contributed by atoms with Gasteiger partial charge in [-0.3, -0.25) is 9.69 Å². The van der Waals surface area contributed by atoms with Gasteiger partial charge < -0.3 is 29.3 Å². The zero-order valence-corrected chi connectivity index (χ0v) is 31.5. The van der Waals surface area contributed by atoms with Crippen LogP contribution in [0.2, 0.25) is 0 Å². The molecular formula is C36H73N3O5. The fourth-order valence-electron chi connectivity index (χ4n) is 5.63. The standard InChI is InChI=1S/C30H55N3O4.C2H6O.2C2H6/c1-19(2)18-35-30(34)23(6)14-22(5)29(37-27-16-26(32(9)10)15-24(7)36-27)33-17-20(3)12-11-13-21(4)28(31)25(33)8;1-3-2;2*1-2/h19,21-27,29,31H,3,11-18H2,1-2,4-10H3;1-2H3;2*1-2H3/t21?,22-,23?,24?,25-,26?,27?,29+;;;/m0.../s1. The first-order valence-corrected chi connectivity index (χ1v) is 17.3. The zero-order valence-electron chi connectivity index (χ0n) is 31.5. The largest absolute Gasteiger partial charge is 0.465 e. The highest BCUT2D eigenvalue weighted by molar-refractivity contribution is 5.88. The van der Waals surface area contributed by atoms with Crippen molar-refractivity contribution in [3.8, 4) is 0 Å². The molecule has 2 saturated heterocycles. The van der Waals surface area contributed by atoms with Gasteiger partial charge in [0, 0.05) is 45.0 Å². The minimum absolute atomic E-state index is 0.0272. The quantitative estimate of drug-likeness (QED) is 0.194. The smallest absolute Gasteiger partial charge is 0.308 e. The number of nitrogens with one attached hydrogen (secondary N) is 1. The molecule has 44 heavy (non-hydrogen) atoms. The van der Waals surface area contributed by atoms with Crippen LogP contribution < -0.4 is 0 Å². The van der Waals surface area contributed by atoms with Crippen LogP contribution in [0.1, 0.15) is 115 Å². The number of nitrogens with zero attached hydrogens (tertiary/aromatic N) is 2. The van der Waals surface area contributed by atoms with E-state index in [2.05, 4.69) is 62.9 Å². The molecule has 0 aromatic heterocycles. The number of esters is 1. The van der Waals surface area contributed by atoms with E-state index in [4.69, 9.17) is 19.6 Å². The Bertz CT molecular complexity index is 775. The molecule has 8 nitrogen and oxygen atoms in total. The molecule has 5 unspecified atom stereocenters. The average molecular weight is 628 g/mol. The molecule has 0 aromatic carbocycles. The van der Waals surface area contributed by atoms with Crippen LogP contribution in [-0.4, -0.2) is 93.7 Å². The summed E-state index contributed by atoms with van der Waals surface area (Å²) in [7, 11) is 7.47. The van der Waals surface area contributed by atoms with Crippen molar-refractivity contribution in [1.29, 1.82) is 5.41 Å². The number of rotatable bonds is 10. The summed E-state index contributed by atoms with van der Waals surface area (Å²) in [5.74, 6) is 0.157. The first-order valence-electron chi connectivity index (χ1n) is 17.3. The SMILES string of the molecule is C=C1CCCC(C)C(=N)[C@H](C)N([C@H](OC2CC(N(C)C)CC(C)O2)[C@@H](C)CC(C)C(=O)OCC(C)C)C1.CC.CC.COC. The Kier molecular flexibility index (Phi) is 25.3. The summed E-state index contributed by atoms with van der Waals surface area (Å²) in [6, 6.07) is 0.294. The molecule has 8 heteroatoms. The molecule has 0 bridgehead atoms. The summed E-state index contributed by atoms with van der Waals surface area (Å²) in [6.07, 6.45) is 4.88. The van der Waals surface area contributed by atoms with Gasteiger partial charge in [0.2, 0.25) is 0 Å². The van der Waals surface area contributed by atoms with Crippen molar-refractivity contribution in [3.63, 3.8) is 0 Å². The van der Waals surface area contributed by atoms with Crippen molar-refractivity contribution in [3.05, 3.63) is 12.2 Å². The van der Waals surface area contributed by atoms with Crippen LogP contribution >= 0.6 is 0 Å². The summed E-state index contributed by atoms with van der Waals surface area (Å²) >= 11 is 0. The van der Waals surface area contributed by atoms with Gasteiger partial charge in [-0.1, -0.05) is 74.5 Å². The first kappa shape index (κ1) is 44.8. The fraction of sp³-hybridized carbons (Fsp3) is 0.889. The normalized spacial score (nSPS) is 26.7. The predicted octanol–water partition coefficient (Wildman–Crippen LogP) is 8.05. The molecule has 0 amide bonds. The average Bonchev–Trinajstić information content (AvgIpc) is 3.02. The van der Waals surface area contributed by atoms with E-state index in [-0.39, 0.29) is 48.4 Å². The molecular weight excluding hydrogens is 554 g/mol. The second-order valence-corrected chi connectivity index (χ2v) is 12.9. The number of hydrogen-bond acceptors (Lipinski definition) is 8. The molecule has 2 heterocycles. The topological polar surface area (TPSA) is 84.3 Å². The van der Waals surface area contributed by atoms with Crippen molar-refractivity contribution in [1.82, 2.24) is 9.80 Å². The van der Waals surface area contributed by atoms with E-state index in [0.29, 0.717) is 31.5 Å². The molecule has 0 spiro atoms. The first-order chi connectivity index (χ1) is 20.7. The van der Waals surface area contributed by atoms with Crippen LogP contribution in [0, 0.1) is 29.1 Å². The van der Waals surface area contributed by atoms with Crippen LogP contribution in [0.4, 0.5) is 0 Å².